The summed E-state index contributed by atoms with van der Waals surface area (Å²) in [6.07, 6.45) is 2.51. The van der Waals surface area contributed by atoms with Gasteiger partial charge in [0, 0.05) is 16.1 Å². The lowest BCUT2D eigenvalue weighted by Gasteiger charge is -2.22. The molecule has 0 radical (unpaired) electrons. The molecule has 1 fully saturated rings. The number of rotatable bonds is 2. The number of hydrogen-bond acceptors (Lipinski definition) is 2. The number of anilines is 1. The molecule has 2 rings (SSSR count). The Hall–Kier alpha value is -0.580. The SMILES string of the molecule is Cc1cc(Br)c(NC(=O)C2CCCCO2)cc1Cl. The van der Waals surface area contributed by atoms with Crippen LogP contribution in [0, 0.1) is 6.92 Å². The zero-order chi connectivity index (χ0) is 13.1. The quantitative estimate of drug-likeness (QED) is 0.891. The molecule has 1 N–H and O–H groups in total. The second kappa shape index (κ2) is 6.04. The van der Waals surface area contributed by atoms with Crippen molar-refractivity contribution in [2.24, 2.45) is 0 Å². The molecule has 18 heavy (non-hydrogen) atoms. The smallest absolute Gasteiger partial charge is 0.253 e. The Balaban J connectivity index is 2.08. The molecule has 1 saturated heterocycles. The van der Waals surface area contributed by atoms with Crippen LogP contribution in [0.1, 0.15) is 24.8 Å². The van der Waals surface area contributed by atoms with Gasteiger partial charge in [-0.15, -0.1) is 0 Å². The number of carbonyl (C=O) groups is 1. The van der Waals surface area contributed by atoms with Crippen molar-refractivity contribution in [1.82, 2.24) is 0 Å². The second-order valence-electron chi connectivity index (χ2n) is 4.43. The number of amides is 1. The minimum absolute atomic E-state index is 0.102. The average molecular weight is 333 g/mol. The summed E-state index contributed by atoms with van der Waals surface area (Å²) in [7, 11) is 0. The molecule has 3 nitrogen and oxygen atoms in total. The number of aryl methyl sites for hydroxylation is 1. The molecule has 0 bridgehead atoms. The number of carbonyl (C=O) groups excluding carboxylic acids is 1. The van der Waals surface area contributed by atoms with Gasteiger partial charge in [-0.1, -0.05) is 11.6 Å². The Labute approximate surface area is 120 Å². The first kappa shape index (κ1) is 13.8. The van der Waals surface area contributed by atoms with Gasteiger partial charge in [-0.2, -0.15) is 0 Å². The number of nitrogens with one attached hydrogen (secondary N) is 1. The molecular weight excluding hydrogens is 318 g/mol. The van der Waals surface area contributed by atoms with Gasteiger partial charge in [-0.25, -0.2) is 0 Å². The molecule has 1 atom stereocenters. The molecule has 1 amide bonds. The van der Waals surface area contributed by atoms with E-state index in [2.05, 4.69) is 21.2 Å². The van der Waals surface area contributed by atoms with Gasteiger partial charge in [-0.3, -0.25) is 4.79 Å². The molecule has 1 aliphatic rings. The maximum Gasteiger partial charge on any atom is 0.253 e. The minimum Gasteiger partial charge on any atom is -0.368 e. The fourth-order valence-electron chi connectivity index (χ4n) is 1.90. The van der Waals surface area contributed by atoms with Crippen LogP contribution in [0.5, 0.6) is 0 Å². The van der Waals surface area contributed by atoms with E-state index in [1.165, 1.54) is 0 Å². The first-order valence-corrected chi connectivity index (χ1v) is 7.13. The van der Waals surface area contributed by atoms with Gasteiger partial charge in [-0.05, 0) is 59.8 Å². The third-order valence-corrected chi connectivity index (χ3v) is 4.04. The van der Waals surface area contributed by atoms with Crippen LogP contribution in [0.25, 0.3) is 0 Å². The van der Waals surface area contributed by atoms with Crippen molar-refractivity contribution < 1.29 is 9.53 Å². The summed E-state index contributed by atoms with van der Waals surface area (Å²) < 4.78 is 6.27. The Morgan fingerprint density at radius 3 is 2.94 bits per heavy atom. The van der Waals surface area contributed by atoms with E-state index >= 15 is 0 Å². The van der Waals surface area contributed by atoms with Crippen molar-refractivity contribution in [2.45, 2.75) is 32.3 Å². The largest absolute Gasteiger partial charge is 0.368 e. The molecule has 1 aliphatic heterocycles. The van der Waals surface area contributed by atoms with Crippen LogP contribution in [-0.2, 0) is 9.53 Å². The number of ether oxygens (including phenoxy) is 1. The van der Waals surface area contributed by atoms with Gasteiger partial charge >= 0.3 is 0 Å². The maximum absolute atomic E-state index is 12.0. The summed E-state index contributed by atoms with van der Waals surface area (Å²) in [5.41, 5.74) is 1.65. The van der Waals surface area contributed by atoms with Crippen LogP contribution in [0.3, 0.4) is 0 Å². The minimum atomic E-state index is -0.342. The van der Waals surface area contributed by atoms with Crippen molar-refractivity contribution >= 4 is 39.1 Å². The van der Waals surface area contributed by atoms with E-state index in [1.54, 1.807) is 6.07 Å². The first-order chi connectivity index (χ1) is 8.58. The number of halogens is 2. The molecule has 1 aromatic carbocycles. The third-order valence-electron chi connectivity index (χ3n) is 2.98. The predicted octanol–water partition coefficient (Wildman–Crippen LogP) is 3.92. The van der Waals surface area contributed by atoms with E-state index in [4.69, 9.17) is 16.3 Å². The standard InChI is InChI=1S/C13H15BrClNO2/c1-8-6-9(14)11(7-10(8)15)16-13(17)12-4-2-3-5-18-12/h6-7,12H,2-5H2,1H3,(H,16,17). The molecule has 98 valence electrons. The summed E-state index contributed by atoms with van der Waals surface area (Å²) >= 11 is 9.47. The Bertz CT molecular complexity index is 459. The van der Waals surface area contributed by atoms with Crippen LogP contribution in [0.15, 0.2) is 16.6 Å². The van der Waals surface area contributed by atoms with Gasteiger partial charge in [0.15, 0.2) is 0 Å². The first-order valence-electron chi connectivity index (χ1n) is 5.96. The summed E-state index contributed by atoms with van der Waals surface area (Å²) in [6.45, 7) is 2.58. The lowest BCUT2D eigenvalue weighted by molar-refractivity contribution is -0.129. The summed E-state index contributed by atoms with van der Waals surface area (Å²) in [6, 6.07) is 3.64. The highest BCUT2D eigenvalue weighted by Crippen LogP contribution is 2.29. The molecule has 5 heteroatoms. The van der Waals surface area contributed by atoms with Gasteiger partial charge < -0.3 is 10.1 Å². The summed E-state index contributed by atoms with van der Waals surface area (Å²) in [5.74, 6) is -0.102. The molecule has 1 heterocycles. The van der Waals surface area contributed by atoms with Gasteiger partial charge in [0.25, 0.3) is 5.91 Å². The highest BCUT2D eigenvalue weighted by molar-refractivity contribution is 9.10. The Morgan fingerprint density at radius 1 is 1.50 bits per heavy atom. The number of benzene rings is 1. The Kier molecular flexibility index (Phi) is 4.65. The zero-order valence-corrected chi connectivity index (χ0v) is 12.5. The highest BCUT2D eigenvalue weighted by atomic mass is 79.9. The van der Waals surface area contributed by atoms with Crippen molar-refractivity contribution in [2.75, 3.05) is 11.9 Å². The van der Waals surface area contributed by atoms with Crippen LogP contribution >= 0.6 is 27.5 Å². The topological polar surface area (TPSA) is 38.3 Å². The maximum atomic E-state index is 12.0. The molecule has 1 unspecified atom stereocenters. The van der Waals surface area contributed by atoms with E-state index in [0.717, 1.165) is 29.3 Å². The van der Waals surface area contributed by atoms with Crippen molar-refractivity contribution in [3.63, 3.8) is 0 Å². The van der Waals surface area contributed by atoms with Crippen LogP contribution in [-0.4, -0.2) is 18.6 Å². The fraction of sp³-hybridized carbons (Fsp3) is 0.462. The van der Waals surface area contributed by atoms with E-state index in [9.17, 15) is 4.79 Å². The van der Waals surface area contributed by atoms with Crippen molar-refractivity contribution in [3.8, 4) is 0 Å². The van der Waals surface area contributed by atoms with Gasteiger partial charge in [0.2, 0.25) is 0 Å². The molecular formula is C13H15BrClNO2. The van der Waals surface area contributed by atoms with Gasteiger partial charge in [0.1, 0.15) is 6.10 Å². The lowest BCUT2D eigenvalue weighted by atomic mass is 10.1. The van der Waals surface area contributed by atoms with Crippen molar-refractivity contribution in [3.05, 3.63) is 27.2 Å². The van der Waals surface area contributed by atoms with E-state index in [1.807, 2.05) is 13.0 Å². The highest BCUT2D eigenvalue weighted by Gasteiger charge is 2.22. The summed E-state index contributed by atoms with van der Waals surface area (Å²) in [4.78, 5) is 12.0. The van der Waals surface area contributed by atoms with Crippen LogP contribution in [0.4, 0.5) is 5.69 Å². The second-order valence-corrected chi connectivity index (χ2v) is 5.69. The number of hydrogen-bond donors (Lipinski definition) is 1. The molecule has 0 saturated carbocycles. The Morgan fingerprint density at radius 2 is 2.28 bits per heavy atom. The zero-order valence-electron chi connectivity index (χ0n) is 10.1. The average Bonchev–Trinajstić information content (AvgIpc) is 2.37. The van der Waals surface area contributed by atoms with Crippen LogP contribution < -0.4 is 5.32 Å². The fourth-order valence-corrected chi connectivity index (χ4v) is 2.62. The van der Waals surface area contributed by atoms with E-state index < -0.39 is 0 Å². The monoisotopic (exact) mass is 331 g/mol. The molecule has 0 aliphatic carbocycles. The normalized spacial score (nSPS) is 19.6. The third kappa shape index (κ3) is 3.25. The van der Waals surface area contributed by atoms with E-state index in [0.29, 0.717) is 17.3 Å². The van der Waals surface area contributed by atoms with Gasteiger partial charge in [0.05, 0.1) is 5.69 Å². The van der Waals surface area contributed by atoms with Crippen LogP contribution in [0.2, 0.25) is 5.02 Å². The molecule has 1 aromatic rings. The lowest BCUT2D eigenvalue weighted by Crippen LogP contribution is -2.33. The van der Waals surface area contributed by atoms with Crippen molar-refractivity contribution in [1.29, 1.82) is 0 Å². The predicted molar refractivity (Wildman–Crippen MR) is 76.1 cm³/mol. The molecule has 0 spiro atoms. The summed E-state index contributed by atoms with van der Waals surface area (Å²) in [5, 5.41) is 3.49. The molecule has 0 aromatic heterocycles. The van der Waals surface area contributed by atoms with E-state index in [-0.39, 0.29) is 12.0 Å².